The maximum Gasteiger partial charge on any atom is 0.407 e. The largest absolute Gasteiger partial charge is 0.447 e. The summed E-state index contributed by atoms with van der Waals surface area (Å²) < 4.78 is 10.4. The molecule has 1 amide bonds. The van der Waals surface area contributed by atoms with Crippen LogP contribution in [0.4, 0.5) is 4.79 Å². The summed E-state index contributed by atoms with van der Waals surface area (Å²) >= 11 is 0. The molecule has 0 rings (SSSR count). The van der Waals surface area contributed by atoms with Gasteiger partial charge in [-0.2, -0.15) is 5.82 Å². The number of amides is 1. The average molecular weight is 344 g/mol. The molecule has 0 fully saturated rings. The van der Waals surface area contributed by atoms with Crippen molar-refractivity contribution in [1.82, 2.24) is 10.6 Å². The van der Waals surface area contributed by atoms with Gasteiger partial charge >= 0.3 is 6.09 Å². The minimum Gasteiger partial charge on any atom is -0.447 e. The molecule has 0 aromatic carbocycles. The molecule has 0 aromatic rings. The number of carbonyl (C=O) groups is 1. The summed E-state index contributed by atoms with van der Waals surface area (Å²) in [4.78, 5) is 11.2. The zero-order chi connectivity index (χ0) is 16.8. The van der Waals surface area contributed by atoms with Gasteiger partial charge in [-0.25, -0.2) is 4.79 Å². The van der Waals surface area contributed by atoms with Gasteiger partial charge < -0.3 is 20.1 Å². The van der Waals surface area contributed by atoms with E-state index in [2.05, 4.69) is 50.1 Å². The molecule has 0 aliphatic heterocycles. The molecule has 0 saturated carbocycles. The summed E-state index contributed by atoms with van der Waals surface area (Å²) in [5.41, 5.74) is 0. The Morgan fingerprint density at radius 3 is 2.73 bits per heavy atom. The molecule has 0 bridgehead atoms. The minimum absolute atomic E-state index is 0.138. The lowest BCUT2D eigenvalue weighted by Crippen LogP contribution is -2.35. The first-order valence-electron chi connectivity index (χ1n) is 7.08. The van der Waals surface area contributed by atoms with E-state index >= 15 is 0 Å². The van der Waals surface area contributed by atoms with Crippen molar-refractivity contribution in [3.8, 4) is 11.7 Å². The Kier molecular flexibility index (Phi) is 12.7. The lowest BCUT2D eigenvalue weighted by Gasteiger charge is -2.24. The first kappa shape index (κ1) is 21.5. The molecule has 0 heterocycles. The van der Waals surface area contributed by atoms with Crippen molar-refractivity contribution in [1.29, 1.82) is 0 Å². The predicted molar refractivity (Wildman–Crippen MR) is 96.1 cm³/mol. The van der Waals surface area contributed by atoms with Crippen LogP contribution in [0.15, 0.2) is 0 Å². The van der Waals surface area contributed by atoms with Crippen molar-refractivity contribution in [2.45, 2.75) is 38.5 Å². The molecule has 0 spiro atoms. The van der Waals surface area contributed by atoms with E-state index in [1.54, 1.807) is 21.6 Å². The van der Waals surface area contributed by atoms with Gasteiger partial charge in [0, 0.05) is 17.3 Å². The third kappa shape index (κ3) is 14.5. The Balaban J connectivity index is 3.49. The van der Waals surface area contributed by atoms with Crippen molar-refractivity contribution in [2.24, 2.45) is 0 Å². The van der Waals surface area contributed by atoms with E-state index in [4.69, 9.17) is 17.3 Å². The molecular formula is C14H25BN2O3S2. The van der Waals surface area contributed by atoms with E-state index in [1.807, 2.05) is 0 Å². The topological polar surface area (TPSA) is 59.6 Å². The molecule has 5 nitrogen and oxygen atoms in total. The monoisotopic (exact) mass is 344 g/mol. The number of carbonyl (C=O) groups excluding carboxylic acids is 1. The molecule has 22 heavy (non-hydrogen) atoms. The maximum atomic E-state index is 11.2. The molecule has 0 aromatic heterocycles. The maximum absolute atomic E-state index is 11.2. The molecule has 0 aliphatic carbocycles. The highest BCUT2D eigenvalue weighted by Crippen LogP contribution is 2.35. The van der Waals surface area contributed by atoms with Gasteiger partial charge in [-0.1, -0.05) is 41.4 Å². The quantitative estimate of drug-likeness (QED) is 0.197. The fraction of sp³-hybridized carbons (Fsp3) is 0.786. The summed E-state index contributed by atoms with van der Waals surface area (Å²) in [6.07, 6.45) is -0.519. The van der Waals surface area contributed by atoms with E-state index in [-0.39, 0.29) is 17.9 Å². The molecular weight excluding hydrogens is 319 g/mol. The number of hydrogen-bond acceptors (Lipinski definition) is 6. The zero-order valence-corrected chi connectivity index (χ0v) is 15.4. The normalized spacial score (nSPS) is 11.0. The van der Waals surface area contributed by atoms with E-state index in [9.17, 15) is 4.79 Å². The highest BCUT2D eigenvalue weighted by molar-refractivity contribution is 8.77. The second-order valence-electron chi connectivity index (χ2n) is 5.33. The van der Waals surface area contributed by atoms with Crippen molar-refractivity contribution in [3.05, 3.63) is 0 Å². The average Bonchev–Trinajstić information content (AvgIpc) is 2.44. The molecule has 2 radical (unpaired) electrons. The van der Waals surface area contributed by atoms with Crippen LogP contribution in [0.1, 0.15) is 27.7 Å². The van der Waals surface area contributed by atoms with Gasteiger partial charge in [0.15, 0.2) is 7.85 Å². The molecule has 2 N–H and O–H groups in total. The van der Waals surface area contributed by atoms with E-state index < -0.39 is 6.09 Å². The van der Waals surface area contributed by atoms with E-state index in [0.717, 1.165) is 6.54 Å². The van der Waals surface area contributed by atoms with Crippen LogP contribution in [0.3, 0.4) is 0 Å². The number of alkyl carbamates (subject to hydrolysis) is 1. The number of ether oxygens (including phenoxy) is 2. The van der Waals surface area contributed by atoms with Crippen LogP contribution in [0.5, 0.6) is 0 Å². The van der Waals surface area contributed by atoms with Gasteiger partial charge in [0.2, 0.25) is 0 Å². The van der Waals surface area contributed by atoms with E-state index in [0.29, 0.717) is 18.6 Å². The smallest absolute Gasteiger partial charge is 0.407 e. The lowest BCUT2D eigenvalue weighted by atomic mass is 10.2. The summed E-state index contributed by atoms with van der Waals surface area (Å²) in [5, 5.41) is 5.87. The van der Waals surface area contributed by atoms with E-state index in [1.165, 1.54) is 0 Å². The third-order valence-electron chi connectivity index (χ3n) is 2.24. The Morgan fingerprint density at radius 2 is 2.09 bits per heavy atom. The summed E-state index contributed by atoms with van der Waals surface area (Å²) in [7, 11) is 8.40. The Labute approximate surface area is 143 Å². The summed E-state index contributed by atoms with van der Waals surface area (Å²) in [6, 6.07) is 0.486. The molecule has 0 aliphatic rings. The summed E-state index contributed by atoms with van der Waals surface area (Å²) in [5.74, 6) is 5.24. The van der Waals surface area contributed by atoms with Crippen LogP contribution >= 0.6 is 21.6 Å². The number of nitrogens with one attached hydrogen (secondary N) is 2. The van der Waals surface area contributed by atoms with Gasteiger partial charge in [0.05, 0.1) is 13.2 Å². The second kappa shape index (κ2) is 13.0. The van der Waals surface area contributed by atoms with Crippen LogP contribution in [-0.2, 0) is 9.47 Å². The van der Waals surface area contributed by atoms with Crippen molar-refractivity contribution in [3.63, 3.8) is 0 Å². The molecule has 0 saturated heterocycles. The minimum atomic E-state index is -0.519. The zero-order valence-electron chi connectivity index (χ0n) is 13.7. The van der Waals surface area contributed by atoms with Crippen LogP contribution in [0.25, 0.3) is 0 Å². The fourth-order valence-corrected chi connectivity index (χ4v) is 3.35. The molecule has 8 heteroatoms. The summed E-state index contributed by atoms with van der Waals surface area (Å²) in [6.45, 7) is 10.4. The van der Waals surface area contributed by atoms with Crippen molar-refractivity contribution >= 4 is 35.5 Å². The van der Waals surface area contributed by atoms with Crippen LogP contribution in [0, 0.1) is 11.7 Å². The Bertz CT molecular complexity index is 371. The van der Waals surface area contributed by atoms with Crippen LogP contribution in [-0.4, -0.2) is 57.0 Å². The van der Waals surface area contributed by atoms with Gasteiger partial charge in [-0.05, 0) is 13.8 Å². The Morgan fingerprint density at radius 1 is 1.36 bits per heavy atom. The lowest BCUT2D eigenvalue weighted by molar-refractivity contribution is 0.0941. The predicted octanol–water partition coefficient (Wildman–Crippen LogP) is 1.97. The molecule has 124 valence electrons. The SMILES string of the molecule is [B]C#CCNC(=O)OCCOCSSC(C)(C)CNC(C)C. The van der Waals surface area contributed by atoms with Crippen molar-refractivity contribution in [2.75, 3.05) is 32.2 Å². The van der Waals surface area contributed by atoms with Crippen LogP contribution in [0.2, 0.25) is 0 Å². The standard InChI is InChI=1S/C14H25BN2O3S2/c1-12(2)17-10-14(3,4)22-21-11-19-8-9-20-13(18)16-7-5-6-15/h12,17H,7-11H2,1-4H3,(H,16,18). The van der Waals surface area contributed by atoms with Crippen LogP contribution < -0.4 is 10.6 Å². The van der Waals surface area contributed by atoms with Crippen molar-refractivity contribution < 1.29 is 14.3 Å². The first-order valence-corrected chi connectivity index (χ1v) is 9.40. The number of rotatable bonds is 11. The second-order valence-corrected chi connectivity index (χ2v) is 8.28. The third-order valence-corrected chi connectivity index (χ3v) is 5.21. The fourth-order valence-electron chi connectivity index (χ4n) is 1.17. The Hall–Kier alpha value is -0.485. The first-order chi connectivity index (χ1) is 10.4. The van der Waals surface area contributed by atoms with Gasteiger partial charge in [0.25, 0.3) is 0 Å². The highest BCUT2D eigenvalue weighted by atomic mass is 33.1. The number of hydrogen-bond donors (Lipinski definition) is 2. The van der Waals surface area contributed by atoms with Gasteiger partial charge in [0.1, 0.15) is 12.5 Å². The van der Waals surface area contributed by atoms with Gasteiger partial charge in [-0.15, -0.1) is 0 Å². The molecule has 0 atom stereocenters. The highest BCUT2D eigenvalue weighted by Gasteiger charge is 2.18. The molecule has 0 unspecified atom stereocenters. The van der Waals surface area contributed by atoms with Gasteiger partial charge in [-0.3, -0.25) is 0 Å².